The first-order chi connectivity index (χ1) is 8.24. The Morgan fingerprint density at radius 2 is 1.94 bits per heavy atom. The number of methoxy groups -OCH3 is 1. The molecule has 0 aliphatic carbocycles. The van der Waals surface area contributed by atoms with Crippen LogP contribution < -0.4 is 4.74 Å². The second kappa shape index (κ2) is 4.78. The van der Waals surface area contributed by atoms with Crippen molar-refractivity contribution in [3.8, 4) is 17.0 Å². The Labute approximate surface area is 100 Å². The lowest BCUT2D eigenvalue weighted by Gasteiger charge is -2.06. The summed E-state index contributed by atoms with van der Waals surface area (Å²) in [6.07, 6.45) is 2.59. The summed E-state index contributed by atoms with van der Waals surface area (Å²) in [4.78, 5) is 15.3. The molecule has 0 bridgehead atoms. The van der Waals surface area contributed by atoms with E-state index in [4.69, 9.17) is 4.74 Å². The molecule has 0 unspecified atom stereocenters. The van der Waals surface area contributed by atoms with Crippen molar-refractivity contribution >= 4 is 6.29 Å². The molecule has 86 valence electrons. The van der Waals surface area contributed by atoms with Gasteiger partial charge in [0.15, 0.2) is 6.29 Å². The van der Waals surface area contributed by atoms with Crippen LogP contribution in [-0.2, 0) is 0 Å². The van der Waals surface area contributed by atoms with E-state index in [9.17, 15) is 4.79 Å². The molecule has 1 aromatic carbocycles. The standard InChI is InChI=1S/C14H13NO2/c1-10-7-12(9-16)14(15-8-10)11-3-5-13(17-2)6-4-11/h3-9H,1-2H3. The lowest BCUT2D eigenvalue weighted by molar-refractivity contribution is 0.112. The minimum absolute atomic E-state index is 0.607. The zero-order valence-electron chi connectivity index (χ0n) is 9.81. The topological polar surface area (TPSA) is 39.2 Å². The van der Waals surface area contributed by atoms with Crippen molar-refractivity contribution in [2.45, 2.75) is 6.92 Å². The number of benzene rings is 1. The maximum absolute atomic E-state index is 11.0. The molecule has 0 saturated heterocycles. The summed E-state index contributed by atoms with van der Waals surface area (Å²) >= 11 is 0. The van der Waals surface area contributed by atoms with E-state index in [1.807, 2.05) is 37.3 Å². The molecule has 0 saturated carbocycles. The summed E-state index contributed by atoms with van der Waals surface area (Å²) in [6, 6.07) is 9.32. The number of nitrogens with zero attached hydrogens (tertiary/aromatic N) is 1. The molecule has 0 aliphatic heterocycles. The number of carbonyl (C=O) groups is 1. The number of pyridine rings is 1. The predicted molar refractivity (Wildman–Crippen MR) is 66.3 cm³/mol. The number of rotatable bonds is 3. The number of aromatic nitrogens is 1. The van der Waals surface area contributed by atoms with Gasteiger partial charge in [-0.25, -0.2) is 0 Å². The highest BCUT2D eigenvalue weighted by atomic mass is 16.5. The molecule has 1 aromatic heterocycles. The van der Waals surface area contributed by atoms with Crippen molar-refractivity contribution in [3.63, 3.8) is 0 Å². The summed E-state index contributed by atoms with van der Waals surface area (Å²) in [5.41, 5.74) is 3.20. The van der Waals surface area contributed by atoms with Gasteiger partial charge in [0.1, 0.15) is 5.75 Å². The summed E-state index contributed by atoms with van der Waals surface area (Å²) < 4.78 is 5.09. The third-order valence-corrected chi connectivity index (χ3v) is 2.54. The van der Waals surface area contributed by atoms with Gasteiger partial charge >= 0.3 is 0 Å². The van der Waals surface area contributed by atoms with Gasteiger partial charge in [-0.3, -0.25) is 9.78 Å². The molecule has 17 heavy (non-hydrogen) atoms. The van der Waals surface area contributed by atoms with E-state index in [-0.39, 0.29) is 0 Å². The van der Waals surface area contributed by atoms with Gasteiger partial charge in [-0.15, -0.1) is 0 Å². The third kappa shape index (κ3) is 2.33. The van der Waals surface area contributed by atoms with E-state index >= 15 is 0 Å². The summed E-state index contributed by atoms with van der Waals surface area (Å²) in [6.45, 7) is 1.91. The molecular weight excluding hydrogens is 214 g/mol. The van der Waals surface area contributed by atoms with Crippen LogP contribution in [0, 0.1) is 6.92 Å². The Balaban J connectivity index is 2.48. The molecule has 3 heteroatoms. The Kier molecular flexibility index (Phi) is 3.19. The van der Waals surface area contributed by atoms with Crippen LogP contribution in [0.4, 0.5) is 0 Å². The fourth-order valence-corrected chi connectivity index (χ4v) is 1.67. The molecule has 1 heterocycles. The fourth-order valence-electron chi connectivity index (χ4n) is 1.67. The molecule has 3 nitrogen and oxygen atoms in total. The van der Waals surface area contributed by atoms with Crippen LogP contribution in [0.5, 0.6) is 5.75 Å². The minimum Gasteiger partial charge on any atom is -0.497 e. The van der Waals surface area contributed by atoms with Gasteiger partial charge < -0.3 is 4.74 Å². The van der Waals surface area contributed by atoms with E-state index in [1.54, 1.807) is 13.3 Å². The SMILES string of the molecule is COc1ccc(-c2ncc(C)cc2C=O)cc1. The fraction of sp³-hybridized carbons (Fsp3) is 0.143. The average Bonchev–Trinajstić information content (AvgIpc) is 2.39. The van der Waals surface area contributed by atoms with Crippen molar-refractivity contribution in [2.24, 2.45) is 0 Å². The van der Waals surface area contributed by atoms with E-state index in [0.29, 0.717) is 11.3 Å². The van der Waals surface area contributed by atoms with E-state index in [2.05, 4.69) is 4.98 Å². The van der Waals surface area contributed by atoms with Crippen molar-refractivity contribution < 1.29 is 9.53 Å². The van der Waals surface area contributed by atoms with Crippen LogP contribution in [0.2, 0.25) is 0 Å². The van der Waals surface area contributed by atoms with Gasteiger partial charge in [0, 0.05) is 17.3 Å². The lowest BCUT2D eigenvalue weighted by Crippen LogP contribution is -1.93. The number of aryl methyl sites for hydroxylation is 1. The van der Waals surface area contributed by atoms with Gasteiger partial charge in [0.05, 0.1) is 12.8 Å². The van der Waals surface area contributed by atoms with Gasteiger partial charge in [0.2, 0.25) is 0 Å². The Morgan fingerprint density at radius 3 is 2.53 bits per heavy atom. The largest absolute Gasteiger partial charge is 0.497 e. The van der Waals surface area contributed by atoms with Crippen LogP contribution in [0.15, 0.2) is 36.5 Å². The first-order valence-electron chi connectivity index (χ1n) is 5.31. The summed E-state index contributed by atoms with van der Waals surface area (Å²) in [5, 5.41) is 0. The molecule has 0 fully saturated rings. The Bertz CT molecular complexity index is 532. The lowest BCUT2D eigenvalue weighted by atomic mass is 10.1. The van der Waals surface area contributed by atoms with Crippen LogP contribution >= 0.6 is 0 Å². The molecule has 0 N–H and O–H groups in total. The van der Waals surface area contributed by atoms with Crippen molar-refractivity contribution in [1.29, 1.82) is 0 Å². The quantitative estimate of drug-likeness (QED) is 0.757. The first-order valence-corrected chi connectivity index (χ1v) is 5.31. The van der Waals surface area contributed by atoms with Gasteiger partial charge in [0.25, 0.3) is 0 Å². The molecule has 0 spiro atoms. The van der Waals surface area contributed by atoms with Gasteiger partial charge in [-0.05, 0) is 42.8 Å². The normalized spacial score (nSPS) is 10.0. The molecule has 0 radical (unpaired) electrons. The van der Waals surface area contributed by atoms with E-state index < -0.39 is 0 Å². The van der Waals surface area contributed by atoms with E-state index in [1.165, 1.54) is 0 Å². The van der Waals surface area contributed by atoms with Crippen molar-refractivity contribution in [2.75, 3.05) is 7.11 Å². The molecular formula is C14H13NO2. The summed E-state index contributed by atoms with van der Waals surface area (Å²) in [7, 11) is 1.62. The van der Waals surface area contributed by atoms with Crippen LogP contribution in [0.25, 0.3) is 11.3 Å². The van der Waals surface area contributed by atoms with Crippen molar-refractivity contribution in [3.05, 3.63) is 47.7 Å². The number of hydrogen-bond acceptors (Lipinski definition) is 3. The highest BCUT2D eigenvalue weighted by Crippen LogP contribution is 2.23. The molecule has 0 aliphatic rings. The van der Waals surface area contributed by atoms with Crippen molar-refractivity contribution in [1.82, 2.24) is 4.98 Å². The zero-order valence-corrected chi connectivity index (χ0v) is 9.81. The van der Waals surface area contributed by atoms with Crippen LogP contribution in [0.1, 0.15) is 15.9 Å². The molecule has 0 atom stereocenters. The van der Waals surface area contributed by atoms with Gasteiger partial charge in [-0.1, -0.05) is 0 Å². The smallest absolute Gasteiger partial charge is 0.152 e. The maximum atomic E-state index is 11.0. The maximum Gasteiger partial charge on any atom is 0.152 e. The number of aldehydes is 1. The number of hydrogen-bond donors (Lipinski definition) is 0. The zero-order chi connectivity index (χ0) is 12.3. The first kappa shape index (κ1) is 11.3. The molecule has 2 rings (SSSR count). The highest BCUT2D eigenvalue weighted by Gasteiger charge is 2.06. The summed E-state index contributed by atoms with van der Waals surface area (Å²) in [5.74, 6) is 0.786. The highest BCUT2D eigenvalue weighted by molar-refractivity contribution is 5.85. The Morgan fingerprint density at radius 1 is 1.24 bits per heavy atom. The molecule has 0 amide bonds. The minimum atomic E-state index is 0.607. The monoisotopic (exact) mass is 227 g/mol. The molecule has 2 aromatic rings. The third-order valence-electron chi connectivity index (χ3n) is 2.54. The second-order valence-corrected chi connectivity index (χ2v) is 3.80. The average molecular weight is 227 g/mol. The van der Waals surface area contributed by atoms with Crippen LogP contribution in [0.3, 0.4) is 0 Å². The number of carbonyl (C=O) groups excluding carboxylic acids is 1. The van der Waals surface area contributed by atoms with Crippen LogP contribution in [-0.4, -0.2) is 18.4 Å². The Hall–Kier alpha value is -2.16. The predicted octanol–water partition coefficient (Wildman–Crippen LogP) is 2.88. The number of ether oxygens (including phenoxy) is 1. The van der Waals surface area contributed by atoms with E-state index in [0.717, 1.165) is 23.2 Å². The second-order valence-electron chi connectivity index (χ2n) is 3.80. The van der Waals surface area contributed by atoms with Gasteiger partial charge in [-0.2, -0.15) is 0 Å².